The van der Waals surface area contributed by atoms with Crippen LogP contribution in [0.2, 0.25) is 5.02 Å². The van der Waals surface area contributed by atoms with Crippen LogP contribution < -0.4 is 0 Å². The Morgan fingerprint density at radius 2 is 2.00 bits per heavy atom. The van der Waals surface area contributed by atoms with Crippen molar-refractivity contribution in [3.63, 3.8) is 0 Å². The number of piperazine rings is 1. The molecule has 25 heavy (non-hydrogen) atoms. The number of carbonyl (C=O) groups excluding carboxylic acids is 1. The highest BCUT2D eigenvalue weighted by Crippen LogP contribution is 2.22. The number of amides is 1. The lowest BCUT2D eigenvalue weighted by Gasteiger charge is -2.34. The monoisotopic (exact) mass is 386 g/mol. The number of hydrogen-bond acceptors (Lipinski definition) is 4. The third-order valence-corrected chi connectivity index (χ3v) is 6.86. The molecule has 0 aliphatic carbocycles. The number of ether oxygens (including phenoxy) is 1. The summed E-state index contributed by atoms with van der Waals surface area (Å²) < 4.78 is 32.3. The second-order valence-electron chi connectivity index (χ2n) is 6.42. The lowest BCUT2D eigenvalue weighted by molar-refractivity contribution is -0.133. The third kappa shape index (κ3) is 4.53. The Balaban J connectivity index is 1.53. The van der Waals surface area contributed by atoms with Gasteiger partial charge in [-0.1, -0.05) is 17.7 Å². The van der Waals surface area contributed by atoms with Crippen LogP contribution in [-0.2, 0) is 19.6 Å². The van der Waals surface area contributed by atoms with E-state index < -0.39 is 10.0 Å². The molecule has 0 N–H and O–H groups in total. The van der Waals surface area contributed by atoms with Crippen LogP contribution >= 0.6 is 11.6 Å². The second-order valence-corrected chi connectivity index (χ2v) is 8.79. The van der Waals surface area contributed by atoms with Gasteiger partial charge in [0.2, 0.25) is 15.9 Å². The first-order valence-corrected chi connectivity index (χ1v) is 10.4. The van der Waals surface area contributed by atoms with Gasteiger partial charge in [0, 0.05) is 44.2 Å². The largest absolute Gasteiger partial charge is 0.378 e. The van der Waals surface area contributed by atoms with E-state index in [-0.39, 0.29) is 16.9 Å². The van der Waals surface area contributed by atoms with Crippen molar-refractivity contribution in [1.82, 2.24) is 9.21 Å². The Labute approximate surface area is 153 Å². The zero-order chi connectivity index (χ0) is 17.9. The molecule has 8 heteroatoms. The van der Waals surface area contributed by atoms with Crippen molar-refractivity contribution in [2.45, 2.75) is 36.7 Å². The van der Waals surface area contributed by atoms with Gasteiger partial charge in [0.1, 0.15) is 0 Å². The highest BCUT2D eigenvalue weighted by atomic mass is 35.5. The molecule has 0 spiro atoms. The van der Waals surface area contributed by atoms with Crippen molar-refractivity contribution < 1.29 is 17.9 Å². The maximum Gasteiger partial charge on any atom is 0.243 e. The predicted octanol–water partition coefficient (Wildman–Crippen LogP) is 2.13. The average Bonchev–Trinajstić information content (AvgIpc) is 3.13. The van der Waals surface area contributed by atoms with Crippen molar-refractivity contribution in [2.75, 3.05) is 32.8 Å². The SMILES string of the molecule is O=C(CC[C@H]1CCCO1)N1CCN(S(=O)(=O)c2cccc(Cl)c2)CC1. The molecule has 1 aromatic carbocycles. The summed E-state index contributed by atoms with van der Waals surface area (Å²) in [7, 11) is -3.57. The quantitative estimate of drug-likeness (QED) is 0.777. The molecule has 2 heterocycles. The Morgan fingerprint density at radius 1 is 1.24 bits per heavy atom. The molecule has 0 bridgehead atoms. The number of sulfonamides is 1. The van der Waals surface area contributed by atoms with Crippen LogP contribution in [0.1, 0.15) is 25.7 Å². The van der Waals surface area contributed by atoms with Crippen LogP contribution in [0.4, 0.5) is 0 Å². The summed E-state index contributed by atoms with van der Waals surface area (Å²) >= 11 is 5.90. The summed E-state index contributed by atoms with van der Waals surface area (Å²) in [4.78, 5) is 14.3. The zero-order valence-electron chi connectivity index (χ0n) is 14.1. The van der Waals surface area contributed by atoms with Crippen molar-refractivity contribution in [1.29, 1.82) is 0 Å². The van der Waals surface area contributed by atoms with E-state index in [0.717, 1.165) is 25.9 Å². The van der Waals surface area contributed by atoms with Crippen LogP contribution in [0, 0.1) is 0 Å². The first kappa shape index (κ1) is 18.6. The smallest absolute Gasteiger partial charge is 0.243 e. The fourth-order valence-corrected chi connectivity index (χ4v) is 4.99. The highest BCUT2D eigenvalue weighted by molar-refractivity contribution is 7.89. The molecule has 2 aliphatic rings. The van der Waals surface area contributed by atoms with Gasteiger partial charge >= 0.3 is 0 Å². The molecular formula is C17H23ClN2O4S. The minimum absolute atomic E-state index is 0.0790. The van der Waals surface area contributed by atoms with Gasteiger partial charge in [-0.25, -0.2) is 8.42 Å². The van der Waals surface area contributed by atoms with E-state index in [9.17, 15) is 13.2 Å². The minimum atomic E-state index is -3.57. The van der Waals surface area contributed by atoms with Crippen LogP contribution in [0.5, 0.6) is 0 Å². The average molecular weight is 387 g/mol. The maximum absolute atomic E-state index is 12.7. The Kier molecular flexibility index (Phi) is 5.99. The van der Waals surface area contributed by atoms with E-state index in [2.05, 4.69) is 0 Å². The van der Waals surface area contributed by atoms with E-state index in [1.165, 1.54) is 10.4 Å². The summed E-state index contributed by atoms with van der Waals surface area (Å²) in [6.45, 7) is 2.24. The summed E-state index contributed by atoms with van der Waals surface area (Å²) in [5, 5.41) is 0.393. The van der Waals surface area contributed by atoms with Gasteiger partial charge in [0.25, 0.3) is 0 Å². The van der Waals surface area contributed by atoms with Gasteiger partial charge in [-0.3, -0.25) is 4.79 Å². The van der Waals surface area contributed by atoms with E-state index in [1.54, 1.807) is 23.1 Å². The van der Waals surface area contributed by atoms with Gasteiger partial charge in [-0.2, -0.15) is 4.31 Å². The lowest BCUT2D eigenvalue weighted by Crippen LogP contribution is -2.50. The van der Waals surface area contributed by atoms with Gasteiger partial charge in [-0.05, 0) is 37.5 Å². The summed E-state index contributed by atoms with van der Waals surface area (Å²) in [6, 6.07) is 6.27. The van der Waals surface area contributed by atoms with Crippen LogP contribution in [0.15, 0.2) is 29.2 Å². The Bertz CT molecular complexity index is 711. The Morgan fingerprint density at radius 3 is 2.64 bits per heavy atom. The summed E-state index contributed by atoms with van der Waals surface area (Å²) in [6.07, 6.45) is 3.51. The molecule has 0 saturated carbocycles. The van der Waals surface area contributed by atoms with Crippen LogP contribution in [0.25, 0.3) is 0 Å². The molecule has 0 radical (unpaired) electrons. The van der Waals surface area contributed by atoms with Crippen LogP contribution in [-0.4, -0.2) is 62.4 Å². The number of hydrogen-bond donors (Lipinski definition) is 0. The van der Waals surface area contributed by atoms with Gasteiger partial charge < -0.3 is 9.64 Å². The van der Waals surface area contributed by atoms with E-state index in [4.69, 9.17) is 16.3 Å². The first-order chi connectivity index (χ1) is 12.0. The molecule has 0 aromatic heterocycles. The zero-order valence-corrected chi connectivity index (χ0v) is 15.6. The molecule has 2 fully saturated rings. The molecule has 0 unspecified atom stereocenters. The number of nitrogens with zero attached hydrogens (tertiary/aromatic N) is 2. The highest BCUT2D eigenvalue weighted by Gasteiger charge is 2.30. The maximum atomic E-state index is 12.7. The van der Waals surface area contributed by atoms with Gasteiger partial charge in [0.15, 0.2) is 0 Å². The van der Waals surface area contributed by atoms with Crippen molar-refractivity contribution >= 4 is 27.5 Å². The lowest BCUT2D eigenvalue weighted by atomic mass is 10.1. The van der Waals surface area contributed by atoms with Gasteiger partial charge in [-0.15, -0.1) is 0 Å². The van der Waals surface area contributed by atoms with E-state index in [1.807, 2.05) is 0 Å². The van der Waals surface area contributed by atoms with Gasteiger partial charge in [0.05, 0.1) is 11.0 Å². The number of rotatable bonds is 5. The predicted molar refractivity (Wildman–Crippen MR) is 95.0 cm³/mol. The fourth-order valence-electron chi connectivity index (χ4n) is 3.27. The molecule has 2 saturated heterocycles. The molecule has 1 atom stereocenters. The topological polar surface area (TPSA) is 66.9 Å². The summed E-state index contributed by atoms with van der Waals surface area (Å²) in [5.74, 6) is 0.0790. The standard InChI is InChI=1S/C17H23ClN2O4S/c18-14-3-1-5-16(13-14)25(22,23)20-10-8-19(9-11-20)17(21)7-6-15-4-2-12-24-15/h1,3,5,13,15H,2,4,6-12H2/t15-/m1/s1. The molecule has 6 nitrogen and oxygen atoms in total. The summed E-state index contributed by atoms with van der Waals surface area (Å²) in [5.41, 5.74) is 0. The second kappa shape index (κ2) is 8.03. The Hall–Kier alpha value is -1.15. The number of benzene rings is 1. The molecule has 3 rings (SSSR count). The minimum Gasteiger partial charge on any atom is -0.378 e. The van der Waals surface area contributed by atoms with Crippen molar-refractivity contribution in [2.24, 2.45) is 0 Å². The van der Waals surface area contributed by atoms with Crippen molar-refractivity contribution in [3.8, 4) is 0 Å². The van der Waals surface area contributed by atoms with Crippen molar-refractivity contribution in [3.05, 3.63) is 29.3 Å². The molecule has 1 aromatic rings. The van der Waals surface area contributed by atoms with E-state index >= 15 is 0 Å². The number of halogens is 1. The number of carbonyl (C=O) groups is 1. The molecule has 138 valence electrons. The van der Waals surface area contributed by atoms with E-state index in [0.29, 0.717) is 37.6 Å². The molecule has 1 amide bonds. The first-order valence-electron chi connectivity index (χ1n) is 8.62. The molecule has 2 aliphatic heterocycles. The fraction of sp³-hybridized carbons (Fsp3) is 0.588. The normalized spacial score (nSPS) is 22.3. The molecular weight excluding hydrogens is 364 g/mol. The third-order valence-electron chi connectivity index (χ3n) is 4.73. The van der Waals surface area contributed by atoms with Crippen LogP contribution in [0.3, 0.4) is 0 Å².